The van der Waals surface area contributed by atoms with Gasteiger partial charge in [0.05, 0.1) is 139 Å². The second-order valence-electron chi connectivity index (χ2n) is 13.8. The Kier molecular flexibility index (Phi) is 28.3. The van der Waals surface area contributed by atoms with E-state index in [1.807, 2.05) is 36.4 Å². The molecule has 0 aromatic heterocycles. The minimum Gasteiger partial charge on any atom is -0.491 e. The smallest absolute Gasteiger partial charge is 0.407 e. The van der Waals surface area contributed by atoms with Crippen LogP contribution in [0.15, 0.2) is 72.8 Å². The van der Waals surface area contributed by atoms with Crippen molar-refractivity contribution in [3.05, 3.63) is 83.9 Å². The van der Waals surface area contributed by atoms with E-state index in [0.717, 1.165) is 5.75 Å². The third kappa shape index (κ3) is 23.0. The Labute approximate surface area is 366 Å². The van der Waals surface area contributed by atoms with Crippen molar-refractivity contribution in [2.24, 2.45) is 0 Å². The fourth-order valence-electron chi connectivity index (χ4n) is 6.10. The van der Waals surface area contributed by atoms with Gasteiger partial charge in [0.25, 0.3) is 0 Å². The molecule has 1 aliphatic rings. The van der Waals surface area contributed by atoms with E-state index in [0.29, 0.717) is 177 Å². The molecule has 0 fully saturated rings. The molecule has 0 spiro atoms. The Bertz CT molecular complexity index is 1510. The molecule has 4 rings (SSSR count). The van der Waals surface area contributed by atoms with Crippen molar-refractivity contribution in [1.29, 1.82) is 0 Å². The van der Waals surface area contributed by atoms with E-state index >= 15 is 0 Å². The summed E-state index contributed by atoms with van der Waals surface area (Å²) in [5.41, 5.74) is 11.2. The third-order valence-electron chi connectivity index (χ3n) is 9.18. The molecule has 0 unspecified atom stereocenters. The van der Waals surface area contributed by atoms with Crippen LogP contribution in [0, 0.1) is 0 Å². The van der Waals surface area contributed by atoms with Crippen LogP contribution in [-0.2, 0) is 56.8 Å². The second-order valence-corrected chi connectivity index (χ2v) is 13.8. The molecule has 62 heavy (non-hydrogen) atoms. The molecular formula is C46H68N2O14. The molecule has 346 valence electrons. The molecule has 0 saturated heterocycles. The zero-order valence-electron chi connectivity index (χ0n) is 36.2. The van der Waals surface area contributed by atoms with Gasteiger partial charge < -0.3 is 72.6 Å². The number of hydrogen-bond acceptors (Lipinski definition) is 15. The molecule has 0 radical (unpaired) electrons. The van der Waals surface area contributed by atoms with Gasteiger partial charge in [0, 0.05) is 24.8 Å². The summed E-state index contributed by atoms with van der Waals surface area (Å²) in [5.74, 6) is 0.814. The standard InChI is InChI=1S/C46H68N2O14/c47-39-10-12-40(13-11-39)61-37-36-60-35-34-59-33-32-58-31-30-57-29-28-56-27-26-55-25-24-54-23-22-53-21-20-52-19-18-51-17-16-50-15-5-14-48-46(49)62-38-45-43-8-3-1-6-41(43)42-7-2-4-9-44(42)45/h1-4,6-13,45H,5,14-38,47H2,(H,48,49). The van der Waals surface area contributed by atoms with E-state index in [4.69, 9.17) is 67.3 Å². The van der Waals surface area contributed by atoms with Gasteiger partial charge in [-0.25, -0.2) is 4.79 Å². The normalized spacial score (nSPS) is 12.1. The minimum atomic E-state index is -0.417. The first-order valence-electron chi connectivity index (χ1n) is 21.6. The van der Waals surface area contributed by atoms with Crippen molar-refractivity contribution in [3.63, 3.8) is 0 Å². The summed E-state index contributed by atoms with van der Waals surface area (Å²) in [5, 5.41) is 2.81. The molecule has 16 heteroatoms. The zero-order chi connectivity index (χ0) is 43.4. The van der Waals surface area contributed by atoms with Crippen LogP contribution in [0.1, 0.15) is 23.5 Å². The number of nitrogen functional groups attached to an aromatic ring is 1. The van der Waals surface area contributed by atoms with E-state index in [-0.39, 0.29) is 5.92 Å². The molecule has 3 aromatic rings. The summed E-state index contributed by atoms with van der Waals surface area (Å²) in [4.78, 5) is 12.3. The number of carbonyl (C=O) groups is 1. The average Bonchev–Trinajstić information content (AvgIpc) is 3.61. The highest BCUT2D eigenvalue weighted by atomic mass is 16.6. The third-order valence-corrected chi connectivity index (χ3v) is 9.18. The fourth-order valence-corrected chi connectivity index (χ4v) is 6.10. The van der Waals surface area contributed by atoms with Gasteiger partial charge in [-0.1, -0.05) is 48.5 Å². The molecule has 1 aliphatic carbocycles. The van der Waals surface area contributed by atoms with Crippen LogP contribution in [0.4, 0.5) is 10.5 Å². The highest BCUT2D eigenvalue weighted by molar-refractivity contribution is 5.79. The summed E-state index contributed by atoms with van der Waals surface area (Å²) in [7, 11) is 0. The van der Waals surface area contributed by atoms with Crippen LogP contribution < -0.4 is 15.8 Å². The first kappa shape index (κ1) is 50.7. The highest BCUT2D eigenvalue weighted by Crippen LogP contribution is 2.44. The summed E-state index contributed by atoms with van der Waals surface area (Å²) >= 11 is 0. The lowest BCUT2D eigenvalue weighted by Crippen LogP contribution is -2.27. The van der Waals surface area contributed by atoms with Gasteiger partial charge in [0.15, 0.2) is 0 Å². The maximum absolute atomic E-state index is 12.3. The molecule has 1 amide bonds. The molecular weight excluding hydrogens is 805 g/mol. The van der Waals surface area contributed by atoms with E-state index < -0.39 is 6.09 Å². The molecule has 0 heterocycles. The minimum absolute atomic E-state index is 0.0462. The van der Waals surface area contributed by atoms with E-state index in [1.165, 1.54) is 22.3 Å². The number of benzene rings is 3. The zero-order valence-corrected chi connectivity index (χ0v) is 36.2. The van der Waals surface area contributed by atoms with Gasteiger partial charge in [0.1, 0.15) is 19.0 Å². The first-order chi connectivity index (χ1) is 30.7. The monoisotopic (exact) mass is 872 g/mol. The number of nitrogens with one attached hydrogen (secondary N) is 1. The molecule has 0 atom stereocenters. The lowest BCUT2D eigenvalue weighted by atomic mass is 9.98. The summed E-state index contributed by atoms with van der Waals surface area (Å²) in [6.45, 7) is 12.0. The lowest BCUT2D eigenvalue weighted by molar-refractivity contribution is -0.0277. The number of nitrogens with two attached hydrogens (primary N) is 1. The van der Waals surface area contributed by atoms with Crippen LogP contribution in [0.25, 0.3) is 11.1 Å². The van der Waals surface area contributed by atoms with Crippen molar-refractivity contribution < 1.29 is 66.4 Å². The number of alkyl carbamates (subject to hydrolysis) is 1. The second kappa shape index (κ2) is 34.6. The van der Waals surface area contributed by atoms with Gasteiger partial charge >= 0.3 is 6.09 Å². The van der Waals surface area contributed by atoms with Crippen LogP contribution in [-0.4, -0.2) is 171 Å². The Balaban J connectivity index is 0.760. The van der Waals surface area contributed by atoms with Crippen molar-refractivity contribution in [1.82, 2.24) is 5.32 Å². The van der Waals surface area contributed by atoms with Gasteiger partial charge in [-0.05, 0) is 52.9 Å². The highest BCUT2D eigenvalue weighted by Gasteiger charge is 2.29. The Morgan fingerprint density at radius 2 is 0.774 bits per heavy atom. The Morgan fingerprint density at radius 3 is 1.16 bits per heavy atom. The van der Waals surface area contributed by atoms with Gasteiger partial charge in [0.2, 0.25) is 0 Å². The summed E-state index contributed by atoms with van der Waals surface area (Å²) < 4.78 is 71.8. The quantitative estimate of drug-likeness (QED) is 0.0591. The maximum Gasteiger partial charge on any atom is 0.407 e. The number of hydrogen-bond donors (Lipinski definition) is 2. The summed E-state index contributed by atoms with van der Waals surface area (Å²) in [6, 6.07) is 23.8. The van der Waals surface area contributed by atoms with E-state index in [2.05, 4.69) is 29.6 Å². The van der Waals surface area contributed by atoms with Crippen molar-refractivity contribution in [2.45, 2.75) is 12.3 Å². The lowest BCUT2D eigenvalue weighted by Gasteiger charge is -2.14. The molecule has 3 aromatic carbocycles. The predicted molar refractivity (Wildman–Crippen MR) is 233 cm³/mol. The molecule has 0 aliphatic heterocycles. The average molecular weight is 873 g/mol. The SMILES string of the molecule is Nc1ccc(OCCOCCOCCOCCOCCOCCOCCOCCOCCOCCOCCOCCCNC(=O)OCC2c3ccccc3-c3ccccc32)cc1. The van der Waals surface area contributed by atoms with Crippen molar-refractivity contribution in [3.8, 4) is 16.9 Å². The van der Waals surface area contributed by atoms with Gasteiger partial charge in [-0.2, -0.15) is 0 Å². The number of rotatable bonds is 40. The predicted octanol–water partition coefficient (Wildman–Crippen LogP) is 4.76. The topological polar surface area (TPSA) is 175 Å². The Hall–Kier alpha value is -3.91. The van der Waals surface area contributed by atoms with Crippen molar-refractivity contribution in [2.75, 3.05) is 171 Å². The van der Waals surface area contributed by atoms with Crippen LogP contribution in [0.5, 0.6) is 5.75 Å². The number of ether oxygens (including phenoxy) is 13. The largest absolute Gasteiger partial charge is 0.491 e. The molecule has 16 nitrogen and oxygen atoms in total. The molecule has 3 N–H and O–H groups in total. The van der Waals surface area contributed by atoms with Crippen molar-refractivity contribution >= 4 is 11.8 Å². The van der Waals surface area contributed by atoms with E-state index in [1.54, 1.807) is 12.1 Å². The number of fused-ring (bicyclic) bond motifs is 3. The molecule has 0 bridgehead atoms. The van der Waals surface area contributed by atoms with Crippen LogP contribution in [0.3, 0.4) is 0 Å². The van der Waals surface area contributed by atoms with E-state index in [9.17, 15) is 4.79 Å². The maximum atomic E-state index is 12.3. The number of anilines is 1. The van der Waals surface area contributed by atoms with Gasteiger partial charge in [-0.3, -0.25) is 0 Å². The van der Waals surface area contributed by atoms with Crippen LogP contribution >= 0.6 is 0 Å². The Morgan fingerprint density at radius 1 is 0.435 bits per heavy atom. The van der Waals surface area contributed by atoms with Gasteiger partial charge in [-0.15, -0.1) is 0 Å². The first-order valence-corrected chi connectivity index (χ1v) is 21.6. The number of carbonyl (C=O) groups excluding carboxylic acids is 1. The number of amides is 1. The van der Waals surface area contributed by atoms with Crippen LogP contribution in [0.2, 0.25) is 0 Å². The fraction of sp³-hybridized carbons (Fsp3) is 0.587. The summed E-state index contributed by atoms with van der Waals surface area (Å²) in [6.07, 6.45) is 0.264. The molecule has 0 saturated carbocycles.